The molecule has 0 spiro atoms. The number of piperidine rings is 1. The fraction of sp³-hybridized carbons (Fsp3) is 0.938. The zero-order valence-corrected chi connectivity index (χ0v) is 13.2. The summed E-state index contributed by atoms with van der Waals surface area (Å²) in [4.78, 5) is 14.3. The monoisotopic (exact) mass is 282 g/mol. The van der Waals surface area contributed by atoms with Gasteiger partial charge in [-0.1, -0.05) is 20.8 Å². The molecule has 1 saturated carbocycles. The topological polar surface area (TPSA) is 52.6 Å². The van der Waals surface area contributed by atoms with Crippen molar-refractivity contribution in [3.05, 3.63) is 0 Å². The Morgan fingerprint density at radius 1 is 1.35 bits per heavy atom. The van der Waals surface area contributed by atoms with Crippen molar-refractivity contribution in [1.29, 1.82) is 0 Å². The number of likely N-dealkylation sites (tertiary alicyclic amines) is 1. The van der Waals surface area contributed by atoms with E-state index in [1.807, 2.05) is 0 Å². The van der Waals surface area contributed by atoms with Crippen molar-refractivity contribution in [3.63, 3.8) is 0 Å². The number of carboxylic acid groups (broad SMARTS) is 1. The molecule has 20 heavy (non-hydrogen) atoms. The van der Waals surface area contributed by atoms with Crippen LogP contribution in [0.1, 0.15) is 52.9 Å². The summed E-state index contributed by atoms with van der Waals surface area (Å²) in [6.45, 7) is 10.2. The quantitative estimate of drug-likeness (QED) is 0.752. The lowest BCUT2D eigenvalue weighted by molar-refractivity contribution is -0.147. The van der Waals surface area contributed by atoms with E-state index < -0.39 is 11.5 Å². The molecule has 2 N–H and O–H groups in total. The van der Waals surface area contributed by atoms with E-state index in [1.165, 1.54) is 12.8 Å². The number of hydrogen-bond acceptors (Lipinski definition) is 3. The highest BCUT2D eigenvalue weighted by molar-refractivity contribution is 5.80. The summed E-state index contributed by atoms with van der Waals surface area (Å²) in [6.07, 6.45) is 5.43. The summed E-state index contributed by atoms with van der Waals surface area (Å²) in [7, 11) is 0. The molecule has 1 saturated heterocycles. The molecule has 4 nitrogen and oxygen atoms in total. The Hall–Kier alpha value is -0.610. The van der Waals surface area contributed by atoms with Gasteiger partial charge in [0.05, 0.1) is 0 Å². The first-order chi connectivity index (χ1) is 9.39. The molecule has 2 rings (SSSR count). The lowest BCUT2D eigenvalue weighted by atomic mass is 9.81. The van der Waals surface area contributed by atoms with E-state index in [0.717, 1.165) is 38.9 Å². The third kappa shape index (κ3) is 3.53. The van der Waals surface area contributed by atoms with Crippen LogP contribution in [0.2, 0.25) is 0 Å². The van der Waals surface area contributed by atoms with Crippen LogP contribution in [0, 0.1) is 11.3 Å². The van der Waals surface area contributed by atoms with Crippen LogP contribution in [0.4, 0.5) is 0 Å². The Balaban J connectivity index is 2.02. The largest absolute Gasteiger partial charge is 0.480 e. The lowest BCUT2D eigenvalue weighted by Crippen LogP contribution is -2.61. The molecule has 2 aliphatic rings. The fourth-order valence-corrected chi connectivity index (χ4v) is 3.24. The van der Waals surface area contributed by atoms with E-state index in [4.69, 9.17) is 0 Å². The van der Waals surface area contributed by atoms with Gasteiger partial charge in [0, 0.05) is 6.54 Å². The number of hydrogen-bond donors (Lipinski definition) is 2. The lowest BCUT2D eigenvalue weighted by Gasteiger charge is -2.42. The maximum Gasteiger partial charge on any atom is 0.325 e. The highest BCUT2D eigenvalue weighted by Crippen LogP contribution is 2.41. The second-order valence-electron chi connectivity index (χ2n) is 7.42. The number of nitrogens with one attached hydrogen (secondary N) is 1. The van der Waals surface area contributed by atoms with E-state index in [0.29, 0.717) is 17.9 Å². The summed E-state index contributed by atoms with van der Waals surface area (Å²) in [5, 5.41) is 13.2. The number of carboxylic acids is 1. The zero-order chi connectivity index (χ0) is 14.8. The molecule has 0 amide bonds. The molecule has 0 aromatic heterocycles. The van der Waals surface area contributed by atoms with Crippen molar-refractivity contribution in [3.8, 4) is 0 Å². The third-order valence-corrected chi connectivity index (χ3v) is 5.03. The summed E-state index contributed by atoms with van der Waals surface area (Å²) < 4.78 is 0. The van der Waals surface area contributed by atoms with Gasteiger partial charge in [0.15, 0.2) is 0 Å². The maximum atomic E-state index is 11.9. The van der Waals surface area contributed by atoms with Crippen molar-refractivity contribution in [2.75, 3.05) is 26.2 Å². The van der Waals surface area contributed by atoms with Crippen LogP contribution >= 0.6 is 0 Å². The molecule has 0 aromatic carbocycles. The molecular formula is C16H30N2O2. The predicted octanol–water partition coefficient (Wildman–Crippen LogP) is 2.34. The van der Waals surface area contributed by atoms with Crippen LogP contribution in [0.25, 0.3) is 0 Å². The van der Waals surface area contributed by atoms with Crippen LogP contribution in [-0.2, 0) is 4.79 Å². The standard InChI is InChI=1S/C16H30N2O2/c1-4-9-17-16(14(19)20,13-5-6-13)12-18-10-7-15(2,3)8-11-18/h13,17H,4-12H2,1-3H3,(H,19,20). The van der Waals surface area contributed by atoms with Gasteiger partial charge in [0.25, 0.3) is 0 Å². The van der Waals surface area contributed by atoms with Gasteiger partial charge in [0.2, 0.25) is 0 Å². The Morgan fingerprint density at radius 2 is 1.95 bits per heavy atom. The molecule has 116 valence electrons. The number of rotatable bonds is 7. The Labute approximate surface area is 122 Å². The second kappa shape index (κ2) is 6.02. The van der Waals surface area contributed by atoms with E-state index in [2.05, 4.69) is 31.0 Å². The van der Waals surface area contributed by atoms with Gasteiger partial charge in [0.1, 0.15) is 5.54 Å². The molecular weight excluding hydrogens is 252 g/mol. The van der Waals surface area contributed by atoms with Gasteiger partial charge in [-0.2, -0.15) is 0 Å². The third-order valence-electron chi connectivity index (χ3n) is 5.03. The zero-order valence-electron chi connectivity index (χ0n) is 13.2. The highest BCUT2D eigenvalue weighted by atomic mass is 16.4. The fourth-order valence-electron chi connectivity index (χ4n) is 3.24. The van der Waals surface area contributed by atoms with Crippen LogP contribution in [-0.4, -0.2) is 47.7 Å². The van der Waals surface area contributed by atoms with Gasteiger partial charge in [-0.15, -0.1) is 0 Å². The number of carbonyl (C=O) groups is 1. The minimum atomic E-state index is -0.711. The number of aliphatic carboxylic acids is 1. The Morgan fingerprint density at radius 3 is 2.40 bits per heavy atom. The summed E-state index contributed by atoms with van der Waals surface area (Å²) >= 11 is 0. The van der Waals surface area contributed by atoms with Gasteiger partial charge in [-0.05, 0) is 63.1 Å². The van der Waals surface area contributed by atoms with E-state index >= 15 is 0 Å². The summed E-state index contributed by atoms with van der Waals surface area (Å²) in [6, 6.07) is 0. The first-order valence-corrected chi connectivity index (χ1v) is 8.10. The van der Waals surface area contributed by atoms with Crippen molar-refractivity contribution in [2.24, 2.45) is 11.3 Å². The van der Waals surface area contributed by atoms with Crippen molar-refractivity contribution in [1.82, 2.24) is 10.2 Å². The highest BCUT2D eigenvalue weighted by Gasteiger charge is 2.51. The second-order valence-corrected chi connectivity index (χ2v) is 7.42. The average Bonchev–Trinajstić information content (AvgIpc) is 3.21. The molecule has 2 fully saturated rings. The van der Waals surface area contributed by atoms with E-state index in [9.17, 15) is 9.90 Å². The van der Waals surface area contributed by atoms with Gasteiger partial charge in [-0.3, -0.25) is 4.79 Å². The Kier molecular flexibility index (Phi) is 4.75. The van der Waals surface area contributed by atoms with Crippen molar-refractivity contribution in [2.45, 2.75) is 58.4 Å². The normalized spacial score (nSPS) is 26.1. The van der Waals surface area contributed by atoms with Gasteiger partial charge < -0.3 is 15.3 Å². The van der Waals surface area contributed by atoms with E-state index in [1.54, 1.807) is 0 Å². The van der Waals surface area contributed by atoms with Crippen LogP contribution in [0.5, 0.6) is 0 Å². The maximum absolute atomic E-state index is 11.9. The van der Waals surface area contributed by atoms with Crippen LogP contribution in [0.15, 0.2) is 0 Å². The SMILES string of the molecule is CCCNC(CN1CCC(C)(C)CC1)(C(=O)O)C1CC1. The molecule has 1 heterocycles. The van der Waals surface area contributed by atoms with Crippen molar-refractivity contribution >= 4 is 5.97 Å². The first kappa shape index (κ1) is 15.8. The predicted molar refractivity (Wildman–Crippen MR) is 80.8 cm³/mol. The minimum absolute atomic E-state index is 0.321. The van der Waals surface area contributed by atoms with E-state index in [-0.39, 0.29) is 0 Å². The minimum Gasteiger partial charge on any atom is -0.480 e. The molecule has 1 unspecified atom stereocenters. The van der Waals surface area contributed by atoms with Crippen molar-refractivity contribution < 1.29 is 9.90 Å². The van der Waals surface area contributed by atoms with Crippen LogP contribution < -0.4 is 5.32 Å². The molecule has 1 aliphatic carbocycles. The number of nitrogens with zero attached hydrogens (tertiary/aromatic N) is 1. The average molecular weight is 282 g/mol. The smallest absolute Gasteiger partial charge is 0.325 e. The van der Waals surface area contributed by atoms with Gasteiger partial charge in [-0.25, -0.2) is 0 Å². The molecule has 4 heteroatoms. The van der Waals surface area contributed by atoms with Crippen LogP contribution in [0.3, 0.4) is 0 Å². The first-order valence-electron chi connectivity index (χ1n) is 8.10. The Bertz CT molecular complexity index is 342. The molecule has 1 atom stereocenters. The molecule has 0 radical (unpaired) electrons. The van der Waals surface area contributed by atoms with Gasteiger partial charge >= 0.3 is 5.97 Å². The summed E-state index contributed by atoms with van der Waals surface area (Å²) in [5.74, 6) is -0.334. The molecule has 0 bridgehead atoms. The molecule has 1 aliphatic heterocycles. The summed E-state index contributed by atoms with van der Waals surface area (Å²) in [5.41, 5.74) is -0.295. The molecule has 0 aromatic rings.